The monoisotopic (exact) mass is 308 g/mol. The lowest BCUT2D eigenvalue weighted by atomic mass is 10.2. The zero-order chi connectivity index (χ0) is 12.3. The highest BCUT2D eigenvalue weighted by Crippen LogP contribution is 2.28. The molecule has 2 rings (SSSR count). The largest absolute Gasteiger partial charge is 0.294 e. The van der Waals surface area contributed by atoms with Gasteiger partial charge in [0.1, 0.15) is 0 Å². The van der Waals surface area contributed by atoms with Crippen molar-refractivity contribution in [3.8, 4) is 0 Å². The lowest BCUT2D eigenvalue weighted by Crippen LogP contribution is -1.93. The molecular formula is C12H9BrN2OS. The van der Waals surface area contributed by atoms with E-state index in [-0.39, 0.29) is 5.78 Å². The third-order valence-corrected chi connectivity index (χ3v) is 3.61. The van der Waals surface area contributed by atoms with Crippen LogP contribution >= 0.6 is 27.7 Å². The molecule has 0 saturated heterocycles. The molecule has 0 saturated carbocycles. The van der Waals surface area contributed by atoms with E-state index < -0.39 is 0 Å². The van der Waals surface area contributed by atoms with Crippen LogP contribution in [0.15, 0.2) is 51.2 Å². The summed E-state index contributed by atoms with van der Waals surface area (Å²) in [6.07, 6.45) is 3.41. The van der Waals surface area contributed by atoms with Crippen LogP contribution < -0.4 is 0 Å². The fourth-order valence-corrected chi connectivity index (χ4v) is 2.85. The molecular weight excluding hydrogens is 300 g/mol. The SMILES string of the molecule is CC(=O)c1ccc(Sc2ncccn2)cc1Br. The smallest absolute Gasteiger partial charge is 0.192 e. The van der Waals surface area contributed by atoms with E-state index in [0.717, 1.165) is 9.37 Å². The number of Topliss-reactive ketones (excluding diaryl/α,β-unsaturated/α-hetero) is 1. The summed E-state index contributed by atoms with van der Waals surface area (Å²) in [5.41, 5.74) is 0.684. The Morgan fingerprint density at radius 2 is 2.00 bits per heavy atom. The minimum atomic E-state index is 0.0457. The van der Waals surface area contributed by atoms with Gasteiger partial charge in [-0.05, 0) is 43.0 Å². The summed E-state index contributed by atoms with van der Waals surface area (Å²) < 4.78 is 0.797. The van der Waals surface area contributed by atoms with E-state index in [1.165, 1.54) is 11.8 Å². The summed E-state index contributed by atoms with van der Waals surface area (Å²) in [6, 6.07) is 7.37. The number of hydrogen-bond acceptors (Lipinski definition) is 4. The number of ketones is 1. The molecule has 0 bridgehead atoms. The van der Waals surface area contributed by atoms with E-state index in [0.29, 0.717) is 10.7 Å². The molecule has 0 unspecified atom stereocenters. The lowest BCUT2D eigenvalue weighted by molar-refractivity contribution is 0.101. The van der Waals surface area contributed by atoms with Gasteiger partial charge in [-0.3, -0.25) is 4.79 Å². The van der Waals surface area contributed by atoms with Crippen LogP contribution in [0.5, 0.6) is 0 Å². The summed E-state index contributed by atoms with van der Waals surface area (Å²) in [5, 5.41) is 0.690. The molecule has 0 spiro atoms. The number of halogens is 1. The van der Waals surface area contributed by atoms with E-state index in [1.54, 1.807) is 31.5 Å². The summed E-state index contributed by atoms with van der Waals surface area (Å²) in [7, 11) is 0. The van der Waals surface area contributed by atoms with E-state index in [1.807, 2.05) is 12.1 Å². The maximum absolute atomic E-state index is 11.3. The second-order valence-corrected chi connectivity index (χ2v) is 5.23. The van der Waals surface area contributed by atoms with Gasteiger partial charge >= 0.3 is 0 Å². The first-order chi connectivity index (χ1) is 8.16. The second kappa shape index (κ2) is 5.42. The van der Waals surface area contributed by atoms with Crippen LogP contribution in [0.3, 0.4) is 0 Å². The standard InChI is InChI=1S/C12H9BrN2OS/c1-8(16)10-4-3-9(7-11(10)13)17-12-14-5-2-6-15-12/h2-7H,1H3. The molecule has 1 heterocycles. The highest BCUT2D eigenvalue weighted by Gasteiger charge is 2.07. The Bertz CT molecular complexity index is 545. The van der Waals surface area contributed by atoms with Crippen LogP contribution in [-0.4, -0.2) is 15.8 Å². The summed E-state index contributed by atoms with van der Waals surface area (Å²) in [4.78, 5) is 20.5. The van der Waals surface area contributed by atoms with E-state index >= 15 is 0 Å². The van der Waals surface area contributed by atoms with Crippen molar-refractivity contribution in [1.29, 1.82) is 0 Å². The van der Waals surface area contributed by atoms with Gasteiger partial charge in [0.25, 0.3) is 0 Å². The number of carbonyl (C=O) groups is 1. The van der Waals surface area contributed by atoms with Gasteiger partial charge in [0.2, 0.25) is 0 Å². The van der Waals surface area contributed by atoms with Gasteiger partial charge in [-0.25, -0.2) is 9.97 Å². The first kappa shape index (κ1) is 12.3. The van der Waals surface area contributed by atoms with Gasteiger partial charge in [0, 0.05) is 27.3 Å². The third kappa shape index (κ3) is 3.14. The van der Waals surface area contributed by atoms with Gasteiger partial charge in [-0.15, -0.1) is 0 Å². The first-order valence-electron chi connectivity index (χ1n) is 4.92. The van der Waals surface area contributed by atoms with Gasteiger partial charge in [-0.2, -0.15) is 0 Å². The molecule has 0 fully saturated rings. The van der Waals surface area contributed by atoms with Crippen molar-refractivity contribution in [1.82, 2.24) is 9.97 Å². The van der Waals surface area contributed by atoms with Gasteiger partial charge in [-0.1, -0.05) is 15.9 Å². The highest BCUT2D eigenvalue weighted by atomic mass is 79.9. The van der Waals surface area contributed by atoms with E-state index in [4.69, 9.17) is 0 Å². The zero-order valence-corrected chi connectivity index (χ0v) is 11.5. The van der Waals surface area contributed by atoms with Crippen molar-refractivity contribution < 1.29 is 4.79 Å². The molecule has 0 radical (unpaired) electrons. The fourth-order valence-electron chi connectivity index (χ4n) is 1.29. The molecule has 0 aliphatic rings. The van der Waals surface area contributed by atoms with Crippen LogP contribution in [0.1, 0.15) is 17.3 Å². The van der Waals surface area contributed by atoms with Crippen LogP contribution in [0.2, 0.25) is 0 Å². The molecule has 0 atom stereocenters. The Morgan fingerprint density at radius 1 is 1.29 bits per heavy atom. The molecule has 86 valence electrons. The zero-order valence-electron chi connectivity index (χ0n) is 9.05. The van der Waals surface area contributed by atoms with Crippen LogP contribution in [0, 0.1) is 0 Å². The minimum absolute atomic E-state index is 0.0457. The van der Waals surface area contributed by atoms with Gasteiger partial charge in [0.05, 0.1) is 0 Å². The molecule has 5 heteroatoms. The number of rotatable bonds is 3. The Labute approximate surface area is 112 Å². The number of hydrogen-bond donors (Lipinski definition) is 0. The highest BCUT2D eigenvalue weighted by molar-refractivity contribution is 9.10. The topological polar surface area (TPSA) is 42.9 Å². The summed E-state index contributed by atoms with van der Waals surface area (Å²) in [5.74, 6) is 0.0457. The number of benzene rings is 1. The molecule has 1 aromatic carbocycles. The average Bonchev–Trinajstić information content (AvgIpc) is 2.30. The predicted octanol–water partition coefficient (Wildman–Crippen LogP) is 3.59. The molecule has 3 nitrogen and oxygen atoms in total. The van der Waals surface area contributed by atoms with Crippen molar-refractivity contribution in [2.45, 2.75) is 17.0 Å². The Hall–Kier alpha value is -1.20. The molecule has 0 amide bonds. The lowest BCUT2D eigenvalue weighted by Gasteiger charge is -2.03. The molecule has 2 aromatic rings. The Morgan fingerprint density at radius 3 is 2.59 bits per heavy atom. The average molecular weight is 309 g/mol. The van der Waals surface area contributed by atoms with E-state index in [2.05, 4.69) is 25.9 Å². The second-order valence-electron chi connectivity index (χ2n) is 3.33. The van der Waals surface area contributed by atoms with Crippen LogP contribution in [0.4, 0.5) is 0 Å². The maximum Gasteiger partial charge on any atom is 0.192 e. The molecule has 17 heavy (non-hydrogen) atoms. The van der Waals surface area contributed by atoms with Crippen molar-refractivity contribution in [3.63, 3.8) is 0 Å². The first-order valence-corrected chi connectivity index (χ1v) is 6.53. The van der Waals surface area contributed by atoms with Gasteiger partial charge < -0.3 is 0 Å². The summed E-state index contributed by atoms with van der Waals surface area (Å²) >= 11 is 4.84. The maximum atomic E-state index is 11.3. The quantitative estimate of drug-likeness (QED) is 0.642. The molecule has 0 N–H and O–H groups in total. The fraction of sp³-hybridized carbons (Fsp3) is 0.0833. The van der Waals surface area contributed by atoms with Gasteiger partial charge in [0.15, 0.2) is 10.9 Å². The van der Waals surface area contributed by atoms with Crippen LogP contribution in [-0.2, 0) is 0 Å². The number of aromatic nitrogens is 2. The molecule has 0 aliphatic heterocycles. The Balaban J connectivity index is 2.24. The summed E-state index contributed by atoms with van der Waals surface area (Å²) in [6.45, 7) is 1.55. The van der Waals surface area contributed by atoms with Crippen molar-refractivity contribution >= 4 is 33.5 Å². The van der Waals surface area contributed by atoms with Crippen molar-refractivity contribution in [3.05, 3.63) is 46.7 Å². The number of carbonyl (C=O) groups excluding carboxylic acids is 1. The van der Waals surface area contributed by atoms with E-state index in [9.17, 15) is 4.79 Å². The molecule has 0 aliphatic carbocycles. The number of nitrogens with zero attached hydrogens (tertiary/aromatic N) is 2. The van der Waals surface area contributed by atoms with Crippen molar-refractivity contribution in [2.24, 2.45) is 0 Å². The normalized spacial score (nSPS) is 10.2. The van der Waals surface area contributed by atoms with Crippen molar-refractivity contribution in [2.75, 3.05) is 0 Å². The third-order valence-electron chi connectivity index (χ3n) is 2.07. The predicted molar refractivity (Wildman–Crippen MR) is 70.3 cm³/mol. The Kier molecular flexibility index (Phi) is 3.91. The van der Waals surface area contributed by atoms with Crippen LogP contribution in [0.25, 0.3) is 0 Å². The minimum Gasteiger partial charge on any atom is -0.294 e. The molecule has 1 aromatic heterocycles.